The molecule has 12 amide bonds. The average molecular weight is 1520 g/mol. The van der Waals surface area contributed by atoms with Gasteiger partial charge in [-0.1, -0.05) is 85.8 Å². The van der Waals surface area contributed by atoms with Gasteiger partial charge in [0.15, 0.2) is 0 Å². The molecule has 3 N–H and O–H groups in total. The lowest BCUT2D eigenvalue weighted by Gasteiger charge is -2.54. The molecule has 6 fully saturated rings. The number of halogens is 4. The number of rotatable bonds is 16. The molecule has 30 heteroatoms. The van der Waals surface area contributed by atoms with Crippen molar-refractivity contribution in [3.05, 3.63) is 12.2 Å². The number of amides is 12. The molecule has 3 unspecified atom stereocenters. The summed E-state index contributed by atoms with van der Waals surface area (Å²) >= 11 is 0. The summed E-state index contributed by atoms with van der Waals surface area (Å²) in [5.41, 5.74) is -2.23. The van der Waals surface area contributed by atoms with Crippen LogP contribution >= 0.6 is 0 Å². The Balaban J connectivity index is 1.33. The standard InChI is InChI=1S/C77H124F4N12O14/c1-17-46(5)64-72(103)87(11)43-63(96)88(12)55-24-22-21-23-35-92(71(55)102)59(37-48-27-31-51(78)32-28-48)70(101)86(10)42-61(94)82-54(34-30-49-29-33-53(77(79,80)81)60(38-49)106-16)68(99)93-41-52(107-20-4)39-57(93)67(98)84-76(44-75(6,7)45-76)74(105)91(15)65(50(18-2)19-3)73(104)90(14)58(69(100)85(8)9)40-62(95)89(13)56(66(97)83-64)36-47-25-26-47/h21-22,46-60,64-65H,17-20,23-45H2,1-16H3,(H,82,94)(H,83,97)(H,84,98)/b22-21-/t46-,48?,49?,51?,52+,53?,54-,55-,56-,57-,58-,59-,60?,64-,65-/m0/s1. The van der Waals surface area contributed by atoms with Gasteiger partial charge in [0.25, 0.3) is 0 Å². The van der Waals surface area contributed by atoms with Crippen LogP contribution in [0, 0.1) is 40.9 Å². The lowest BCUT2D eigenvalue weighted by Crippen LogP contribution is -2.71. The number of carbonyl (C=O) groups excluding carboxylic acids is 12. The van der Waals surface area contributed by atoms with Crippen molar-refractivity contribution in [3.63, 3.8) is 0 Å². The van der Waals surface area contributed by atoms with Crippen molar-refractivity contribution in [3.8, 4) is 0 Å². The van der Waals surface area contributed by atoms with Crippen LogP contribution in [0.1, 0.15) is 190 Å². The van der Waals surface area contributed by atoms with E-state index in [1.165, 1.54) is 92.9 Å². The van der Waals surface area contributed by atoms with Gasteiger partial charge in [-0.3, -0.25) is 57.5 Å². The Morgan fingerprint density at radius 1 is 0.654 bits per heavy atom. The van der Waals surface area contributed by atoms with E-state index >= 15 is 28.8 Å². The quantitative estimate of drug-likeness (QED) is 0.120. The van der Waals surface area contributed by atoms with E-state index in [0.717, 1.165) is 27.5 Å². The number of ether oxygens (including phenoxy) is 2. The number of likely N-dealkylation sites (N-methyl/N-ethyl adjacent to an activating group) is 7. The van der Waals surface area contributed by atoms with E-state index in [0.29, 0.717) is 38.5 Å². The summed E-state index contributed by atoms with van der Waals surface area (Å²) in [6, 6.07) is -10.4. The number of hydrogen-bond donors (Lipinski definition) is 3. The fourth-order valence-electron chi connectivity index (χ4n) is 17.5. The zero-order chi connectivity index (χ0) is 79.5. The largest absolute Gasteiger partial charge is 0.394 e. The van der Waals surface area contributed by atoms with Crippen LogP contribution in [0.3, 0.4) is 0 Å². The second-order valence-electron chi connectivity index (χ2n) is 32.9. The van der Waals surface area contributed by atoms with Gasteiger partial charge in [-0.25, -0.2) is 4.39 Å². The molecule has 0 aromatic rings. The molecule has 4 saturated carbocycles. The fourth-order valence-corrected chi connectivity index (χ4v) is 17.5. The Labute approximate surface area is 630 Å². The zero-order valence-corrected chi connectivity index (χ0v) is 66.3. The third-order valence-corrected chi connectivity index (χ3v) is 24.3. The van der Waals surface area contributed by atoms with Gasteiger partial charge in [-0.15, -0.1) is 0 Å². The van der Waals surface area contributed by atoms with Crippen molar-refractivity contribution in [1.29, 1.82) is 0 Å². The third kappa shape index (κ3) is 21.5. The summed E-state index contributed by atoms with van der Waals surface area (Å²) < 4.78 is 69.3. The summed E-state index contributed by atoms with van der Waals surface area (Å²) in [6.07, 6.45) is -0.212. The molecule has 0 radical (unpaired) electrons. The van der Waals surface area contributed by atoms with Gasteiger partial charge < -0.3 is 69.5 Å². The van der Waals surface area contributed by atoms with Crippen LogP contribution in [0.2, 0.25) is 0 Å². The van der Waals surface area contributed by atoms with Gasteiger partial charge in [-0.2, -0.15) is 13.2 Å². The number of alkyl halides is 4. The molecule has 3 heterocycles. The Bertz CT molecular complexity index is 3190. The second kappa shape index (κ2) is 37.6. The van der Waals surface area contributed by atoms with E-state index < -0.39 is 198 Å². The normalized spacial score (nSPS) is 31.6. The Hall–Kier alpha value is -6.98. The molecule has 7 aliphatic rings. The van der Waals surface area contributed by atoms with Crippen molar-refractivity contribution in [2.45, 2.75) is 268 Å². The van der Waals surface area contributed by atoms with Crippen molar-refractivity contribution < 1.29 is 84.6 Å². The van der Waals surface area contributed by atoms with Crippen LogP contribution in [0.25, 0.3) is 0 Å². The molecule has 0 aromatic heterocycles. The van der Waals surface area contributed by atoms with Gasteiger partial charge >= 0.3 is 6.18 Å². The molecule has 13 atom stereocenters. The molecule has 0 aromatic carbocycles. The molecule has 4 aliphatic carbocycles. The average Bonchev–Trinajstić information content (AvgIpc) is 0.818. The molecule has 3 aliphatic heterocycles. The van der Waals surface area contributed by atoms with Crippen LogP contribution < -0.4 is 16.0 Å². The molecule has 26 nitrogen and oxygen atoms in total. The SMILES string of the molecule is CCO[C@@H]1C[C@H]2C(=O)NC3(CC(C)(C)C3)C(=O)N(C)[C@@H](C(CC)CC)C(=O)N(C)[C@H](C(=O)N(C)C)CC(=O)N(C)[C@@H](CC3CC3)C(=O)N[C@@H]([C@@H](C)CC)C(=O)N(C)CC(=O)N(C)[C@H]3C/C=C\CCN(C3=O)[C@@H](CC3CCC(F)CC3)C(=O)N(C)CC(=O)N[C@@H](CCC3CCC(C(F)(F)F)C(OC)C3)C(=O)N2C1. The first kappa shape index (κ1) is 87.2. The van der Waals surface area contributed by atoms with E-state index in [9.17, 15) is 46.3 Å². The van der Waals surface area contributed by atoms with Crippen LogP contribution in [0.15, 0.2) is 12.2 Å². The maximum atomic E-state index is 15.8. The minimum Gasteiger partial charge on any atom is -0.381 e. The van der Waals surface area contributed by atoms with E-state index in [1.54, 1.807) is 19.9 Å². The number of methoxy groups -OCH3 is 1. The molecule has 604 valence electrons. The molecule has 2 bridgehead atoms. The van der Waals surface area contributed by atoms with Gasteiger partial charge in [0, 0.05) is 89.6 Å². The summed E-state index contributed by atoms with van der Waals surface area (Å²) in [5.74, 6) is -11.7. The molecule has 2 saturated heterocycles. The highest BCUT2D eigenvalue weighted by Gasteiger charge is 2.59. The minimum absolute atomic E-state index is 0.00153. The van der Waals surface area contributed by atoms with Crippen molar-refractivity contribution in [1.82, 2.24) is 60.0 Å². The van der Waals surface area contributed by atoms with Crippen molar-refractivity contribution in [2.24, 2.45) is 40.9 Å². The zero-order valence-electron chi connectivity index (χ0n) is 66.3. The Morgan fingerprint density at radius 2 is 1.26 bits per heavy atom. The first-order valence-corrected chi connectivity index (χ1v) is 39.1. The highest BCUT2D eigenvalue weighted by Crippen LogP contribution is 2.50. The highest BCUT2D eigenvalue weighted by atomic mass is 19.4. The number of carbonyl (C=O) groups is 12. The highest BCUT2D eigenvalue weighted by molar-refractivity contribution is 6.01. The number of nitrogens with one attached hydrogen (secondary N) is 3. The van der Waals surface area contributed by atoms with Crippen LogP contribution in [-0.2, 0) is 67.0 Å². The van der Waals surface area contributed by atoms with E-state index in [4.69, 9.17) is 9.47 Å². The second-order valence-corrected chi connectivity index (χ2v) is 32.9. The lowest BCUT2D eigenvalue weighted by atomic mass is 9.58. The van der Waals surface area contributed by atoms with Crippen LogP contribution in [0.5, 0.6) is 0 Å². The fraction of sp³-hybridized carbons (Fsp3) is 0.818. The van der Waals surface area contributed by atoms with Gasteiger partial charge in [-0.05, 0) is 138 Å². The molecule has 1 spiro atoms. The maximum absolute atomic E-state index is 15.8. The molecule has 7 rings (SSSR count). The molecular weight excluding hydrogens is 1390 g/mol. The van der Waals surface area contributed by atoms with E-state index in [-0.39, 0.29) is 115 Å². The number of fused-ring (bicyclic) bond motifs is 3. The van der Waals surface area contributed by atoms with Crippen LogP contribution in [-0.4, -0.2) is 290 Å². The minimum atomic E-state index is -4.54. The van der Waals surface area contributed by atoms with Gasteiger partial charge in [0.05, 0.1) is 37.6 Å². The lowest BCUT2D eigenvalue weighted by molar-refractivity contribution is -0.215. The Kier molecular flexibility index (Phi) is 30.7. The third-order valence-electron chi connectivity index (χ3n) is 24.3. The maximum Gasteiger partial charge on any atom is 0.394 e. The predicted octanol–water partition coefficient (Wildman–Crippen LogP) is 5.88. The summed E-state index contributed by atoms with van der Waals surface area (Å²) in [7, 11) is 12.6. The number of hydrogen-bond acceptors (Lipinski definition) is 14. The molecule has 107 heavy (non-hydrogen) atoms. The predicted molar refractivity (Wildman–Crippen MR) is 391 cm³/mol. The Morgan fingerprint density at radius 3 is 1.83 bits per heavy atom. The summed E-state index contributed by atoms with van der Waals surface area (Å²) in [4.78, 5) is 194. The van der Waals surface area contributed by atoms with Gasteiger partial charge in [0.2, 0.25) is 70.9 Å². The number of nitrogens with zero attached hydrogens (tertiary/aromatic N) is 9. The van der Waals surface area contributed by atoms with Crippen LogP contribution in [0.4, 0.5) is 17.6 Å². The monoisotopic (exact) mass is 1520 g/mol. The van der Waals surface area contributed by atoms with Gasteiger partial charge in [0.1, 0.15) is 60.0 Å². The first-order chi connectivity index (χ1) is 50.3. The summed E-state index contributed by atoms with van der Waals surface area (Å²) in [5, 5.41) is 8.84. The first-order valence-electron chi connectivity index (χ1n) is 39.1. The topological polar surface area (TPSA) is 289 Å². The van der Waals surface area contributed by atoms with Crippen molar-refractivity contribution in [2.75, 3.05) is 96.3 Å². The smallest absolute Gasteiger partial charge is 0.381 e. The summed E-state index contributed by atoms with van der Waals surface area (Å²) in [6.45, 7) is 11.6. The van der Waals surface area contributed by atoms with Crippen molar-refractivity contribution >= 4 is 70.9 Å². The van der Waals surface area contributed by atoms with E-state index in [2.05, 4.69) is 16.0 Å². The molecular formula is C77H124F4N12O14. The van der Waals surface area contributed by atoms with E-state index in [1.807, 2.05) is 40.7 Å².